The van der Waals surface area contributed by atoms with Crippen molar-refractivity contribution in [3.05, 3.63) is 343 Å². The van der Waals surface area contributed by atoms with Gasteiger partial charge in [0.15, 0.2) is 30.3 Å². The Kier molecular flexibility index (Phi) is 74.7. The van der Waals surface area contributed by atoms with Crippen LogP contribution in [0.4, 0.5) is 17.6 Å². The van der Waals surface area contributed by atoms with E-state index >= 15 is 0 Å². The van der Waals surface area contributed by atoms with Crippen molar-refractivity contribution in [2.75, 3.05) is 64.7 Å². The predicted octanol–water partition coefficient (Wildman–Crippen LogP) is 6.53. The van der Waals surface area contributed by atoms with Gasteiger partial charge < -0.3 is 93.0 Å². The molecule has 0 bridgehead atoms. The summed E-state index contributed by atoms with van der Waals surface area (Å²) in [4.78, 5) is 50.2. The molecule has 2 fully saturated rings. The number of aromatic hydroxyl groups is 1. The third-order valence-corrected chi connectivity index (χ3v) is 18.5. The molecule has 0 saturated carbocycles. The van der Waals surface area contributed by atoms with E-state index < -0.39 is 21.9 Å². The van der Waals surface area contributed by atoms with E-state index in [9.17, 15) is 27.5 Å². The first kappa shape index (κ1) is 129. The fourth-order valence-corrected chi connectivity index (χ4v) is 12.1. The van der Waals surface area contributed by atoms with E-state index in [-0.39, 0.29) is 226 Å². The van der Waals surface area contributed by atoms with Gasteiger partial charge >= 0.3 is 209 Å². The molecule has 2 aliphatic heterocycles. The third kappa shape index (κ3) is 52.2. The molecule has 8 aromatic heterocycles. The third-order valence-electron chi connectivity index (χ3n) is 17.8. The van der Waals surface area contributed by atoms with Crippen molar-refractivity contribution in [3.8, 4) is 68.5 Å². The normalized spacial score (nSPS) is 10.4. The van der Waals surface area contributed by atoms with E-state index in [0.717, 1.165) is 155 Å². The molecule has 0 radical (unpaired) electrons. The molecule has 0 unspecified atom stereocenters. The van der Waals surface area contributed by atoms with Crippen molar-refractivity contribution in [3.63, 3.8) is 0 Å². The van der Waals surface area contributed by atoms with E-state index in [2.05, 4.69) is 88.0 Å². The Morgan fingerprint density at radius 2 is 0.871 bits per heavy atom. The van der Waals surface area contributed by atoms with Crippen LogP contribution >= 0.6 is 31.9 Å². The molecule has 719 valence electrons. The first-order valence-corrected chi connectivity index (χ1v) is 44.3. The molecule has 18 rings (SSSR count). The Morgan fingerprint density at radius 1 is 0.518 bits per heavy atom. The molecule has 2 aliphatic rings. The van der Waals surface area contributed by atoms with Crippen LogP contribution in [0.2, 0.25) is 0 Å². The monoisotopic (exact) mass is 2410 g/mol. The number of halogens is 6. The van der Waals surface area contributed by atoms with Crippen LogP contribution in [0.3, 0.4) is 0 Å². The van der Waals surface area contributed by atoms with Crippen molar-refractivity contribution in [2.45, 2.75) is 45.4 Å². The number of hydrogen-bond acceptors (Lipinski definition) is 25. The fraction of sp³-hybridized carbons (Fsp3) is 0.175. The Bertz CT molecular complexity index is 6160. The molecular weight excluding hydrogens is 2310 g/mol. The summed E-state index contributed by atoms with van der Waals surface area (Å²) < 4.78 is 103. The van der Waals surface area contributed by atoms with Crippen molar-refractivity contribution >= 4 is 118 Å². The van der Waals surface area contributed by atoms with Gasteiger partial charge in [-0.15, -0.1) is 0 Å². The summed E-state index contributed by atoms with van der Waals surface area (Å²) >= 11 is 6.18. The number of phenolic OH excluding ortho intramolecular Hbond substituents is 1. The summed E-state index contributed by atoms with van der Waals surface area (Å²) in [5.74, 6) is 1.70. The van der Waals surface area contributed by atoms with Gasteiger partial charge in [0.05, 0.1) is 24.6 Å². The number of hydrogen-bond donors (Lipinski definition) is 11. The Balaban J connectivity index is 0. The van der Waals surface area contributed by atoms with Crippen LogP contribution in [0, 0.1) is 45.9 Å². The summed E-state index contributed by atoms with van der Waals surface area (Å²) in [6.07, 6.45) is 26.7. The number of alkyl halides is 1. The van der Waals surface area contributed by atoms with Gasteiger partial charge in [-0.25, -0.2) is 17.6 Å². The van der Waals surface area contributed by atoms with E-state index in [1.807, 2.05) is 146 Å². The van der Waals surface area contributed by atoms with Gasteiger partial charge in [0.1, 0.15) is 65.5 Å². The average Bonchev–Trinajstić information content (AvgIpc) is 1.65. The number of H-pyrrole nitrogens is 4. The summed E-state index contributed by atoms with van der Waals surface area (Å²) in [7, 11) is -1.51. The molecule has 10 heterocycles. The van der Waals surface area contributed by atoms with Gasteiger partial charge in [-0.3, -0.25) is 29.5 Å². The maximum atomic E-state index is 13.1. The first-order valence-electron chi connectivity index (χ1n) is 40.8. The van der Waals surface area contributed by atoms with Gasteiger partial charge in [0.25, 0.3) is 6.47 Å². The van der Waals surface area contributed by atoms with E-state index in [4.69, 9.17) is 81.4 Å². The molecule has 139 heavy (non-hydrogen) atoms. The standard InChI is InChI=1S/C22H20FN3O.C12H10FNO.C12H8FNO.C10H12N2O.C10H8N2O.C8H7NO.C6H6BFO2.C6H6BrNO.2C4H8O.C2H2BrN.CH2O3.Al.2Cs.Li.Mn.3O.Pd.5H/c23-19-6-4-17(5-7-19)18-12-16(14-25-15-18)13-24-10-11-27-22-3-1-2-21-20(22)8-9-26-21;2*13-12-3-1-10(2-4-12)11-5-9(8-15)6-14-7-11;2*11-5-7-13-10-3-1-2-9-8(10)4-6-12-9;10-8-3-1-2-7-6(8)4-5-9-7;8-6-3-1-5(2-4-6)7(9)10;7-6-1-5(4-9)2-8-3-6;2*1-2-4-5-3-1;3-1-2-4;2-1-4-3;;;;;;;;;;;;;;/h1-9,12,14-15,24,26H,10-11,13H2;1-7,15H,8H2;1-8H;1-4,6,12H,5,7,11H2;1-4,6,12H,7H2;1-5,9-10H;1-4,9-10H;1-3,9H,4H2;2*1-4H2;1H2;1,3H;;;;;;;;;;;;;;/q;;;;;;;;;;;;;3*+1;;;;;;;;;2*-1/p-1. The Hall–Kier alpha value is -7.96. The average molecular weight is 2410 g/mol. The number of benzene rings is 8. The molecule has 2 saturated heterocycles. The summed E-state index contributed by atoms with van der Waals surface area (Å²) in [6, 6.07) is 65.8. The second-order valence-electron chi connectivity index (χ2n) is 27.2. The number of aromatic amines is 4. The van der Waals surface area contributed by atoms with Crippen molar-refractivity contribution in [1.82, 2.24) is 45.2 Å². The van der Waals surface area contributed by atoms with Crippen LogP contribution in [0.5, 0.6) is 23.0 Å². The number of phenols is 1. The number of aliphatic hydroxyl groups excluding tert-OH is 2. The molecule has 8 aromatic carbocycles. The second-order valence-corrected chi connectivity index (χ2v) is 28.8. The van der Waals surface area contributed by atoms with Crippen LogP contribution < -0.4 is 193 Å². The fourth-order valence-electron chi connectivity index (χ4n) is 11.6. The topological polar surface area (TPSA) is 465 Å². The number of ether oxygens (including phenoxy) is 5. The van der Waals surface area contributed by atoms with E-state index in [0.29, 0.717) is 48.4 Å². The molecule has 42 heteroatoms. The Morgan fingerprint density at radius 3 is 1.22 bits per heavy atom. The minimum atomic E-state index is -1.51. The number of nitriles is 2. The zero-order chi connectivity index (χ0) is 97.8. The number of aromatic nitrogens is 8. The number of carbonyl (C=O) groups excluding carboxylic acids is 2. The number of carbonyl (C=O) groups is 2. The van der Waals surface area contributed by atoms with Crippen LogP contribution in [0.25, 0.3) is 77.0 Å². The quantitative estimate of drug-likeness (QED) is 0.00779. The van der Waals surface area contributed by atoms with Crippen molar-refractivity contribution in [1.29, 1.82) is 10.5 Å². The van der Waals surface area contributed by atoms with Crippen LogP contribution in [-0.2, 0) is 84.0 Å². The minimum absolute atomic E-state index is 0. The number of nitrogens with two attached hydrogens (primary N) is 1. The predicted molar refractivity (Wildman–Crippen MR) is 513 cm³/mol. The summed E-state index contributed by atoms with van der Waals surface area (Å²) in [5, 5.41) is 76.2. The number of aldehydes is 1. The molecule has 0 amide bonds. The SMILES string of the molecule is C1CCOC1.C1CCOC1.Fc1ccc(-c2cncc(CNCCOc3cccc4[nH]ccc34)c2)cc1.N#CCBr.N#CCOc1cccc2[nH]ccc12.NCCOc1cccc2[nH]ccc12.O=CO[O-].O=Cc1cncc(-c2ccc(F)cc2)c1.OB(O)c1ccc(F)cc1.OCc1cncc(-c2ccc(F)cc2)c1.OCc1cncc(Br)c1.Oc1cccc2[nH]ccc12.[AlH3].[Cs+].[Cs+].[H-].[H-].[Li+].[O]=[Mn]=[O].[O]=[Pd]. The second kappa shape index (κ2) is 80.5. The maximum absolute atomic E-state index is 13.1. The number of nitrogens with one attached hydrogen (secondary N) is 5. The van der Waals surface area contributed by atoms with E-state index in [1.165, 1.54) is 112 Å². The molecule has 0 spiro atoms. The number of fused-ring (bicyclic) bond motifs is 4. The molecule has 0 atom stereocenters. The number of rotatable bonds is 19. The van der Waals surface area contributed by atoms with E-state index in [1.54, 1.807) is 85.7 Å². The number of aliphatic hydroxyl groups is 2. The zero-order valence-electron chi connectivity index (χ0n) is 77.3. The zero-order valence-corrected chi connectivity index (χ0v) is 93.8. The molecule has 29 nitrogen and oxygen atoms in total. The van der Waals surface area contributed by atoms with Crippen molar-refractivity contribution in [2.24, 2.45) is 5.73 Å². The first-order chi connectivity index (χ1) is 65.9. The van der Waals surface area contributed by atoms with Gasteiger partial charge in [0.2, 0.25) is 0 Å². The van der Waals surface area contributed by atoms with Crippen LogP contribution in [0.1, 0.15) is 55.6 Å². The van der Waals surface area contributed by atoms with Gasteiger partial charge in [-0.2, -0.15) is 10.5 Å². The number of pyridine rings is 4. The van der Waals surface area contributed by atoms with Crippen LogP contribution in [-0.4, -0.2) is 167 Å². The molecular formula is C97H101AlBBr2Cs2F4LiMnN12O17Pd. The van der Waals surface area contributed by atoms with Crippen molar-refractivity contribution < 1.29 is 291 Å². The molecule has 0 aliphatic carbocycles. The molecule has 16 aromatic rings. The van der Waals surface area contributed by atoms with Gasteiger partial charge in [0, 0.05) is 191 Å². The number of nitrogens with zero attached hydrogens (tertiary/aromatic N) is 6. The van der Waals surface area contributed by atoms with Gasteiger partial charge in [-0.05, 0) is 226 Å². The summed E-state index contributed by atoms with van der Waals surface area (Å²) in [6.45, 7) is 7.01. The van der Waals surface area contributed by atoms with Gasteiger partial charge in [-0.1, -0.05) is 88.7 Å². The van der Waals surface area contributed by atoms with Crippen LogP contribution in [0.15, 0.2) is 297 Å². The summed E-state index contributed by atoms with van der Waals surface area (Å²) in [5.41, 5.74) is 18.3. The Labute approximate surface area is 978 Å². The molecule has 12 N–H and O–H groups in total.